The van der Waals surface area contributed by atoms with Crippen LogP contribution in [-0.2, 0) is 11.2 Å². The zero-order valence-corrected chi connectivity index (χ0v) is 17.6. The van der Waals surface area contributed by atoms with Crippen molar-refractivity contribution in [2.45, 2.75) is 45.6 Å². The Labute approximate surface area is 168 Å². The average molecular weight is 391 g/mol. The van der Waals surface area contributed by atoms with Gasteiger partial charge in [-0.15, -0.1) is 0 Å². The van der Waals surface area contributed by atoms with Crippen molar-refractivity contribution in [1.82, 2.24) is 15.5 Å². The first-order valence-corrected chi connectivity index (χ1v) is 10.2. The quantitative estimate of drug-likeness (QED) is 0.384. The summed E-state index contributed by atoms with van der Waals surface area (Å²) < 4.78 is 11.0. The van der Waals surface area contributed by atoms with Gasteiger partial charge in [-0.05, 0) is 43.9 Å². The van der Waals surface area contributed by atoms with E-state index in [-0.39, 0.29) is 11.9 Å². The van der Waals surface area contributed by atoms with E-state index in [1.54, 1.807) is 14.2 Å². The second kappa shape index (κ2) is 11.4. The van der Waals surface area contributed by atoms with Crippen LogP contribution in [0.1, 0.15) is 38.7 Å². The molecular weight excluding hydrogens is 356 g/mol. The molecule has 1 aliphatic heterocycles. The van der Waals surface area contributed by atoms with Crippen molar-refractivity contribution < 1.29 is 14.3 Å². The molecule has 0 aliphatic carbocycles. The van der Waals surface area contributed by atoms with Crippen LogP contribution in [0.3, 0.4) is 0 Å². The number of nitrogens with zero attached hydrogens (tertiary/aromatic N) is 2. The van der Waals surface area contributed by atoms with Crippen molar-refractivity contribution in [3.63, 3.8) is 0 Å². The summed E-state index contributed by atoms with van der Waals surface area (Å²) in [5.74, 6) is 2.57. The number of carbonyl (C=O) groups is 1. The smallest absolute Gasteiger partial charge is 0.222 e. The van der Waals surface area contributed by atoms with Gasteiger partial charge in [-0.25, -0.2) is 0 Å². The standard InChI is InChI=1S/C21H34N4O3/c1-5-20(26)25-13-11-17(15-25)24-21(22-3)23-12-7-8-16-9-10-18(27-4)19(14-16)28-6-2/h9-10,14,17H,5-8,11-13,15H2,1-4H3,(H2,22,23,24). The van der Waals surface area contributed by atoms with E-state index in [1.165, 1.54) is 5.56 Å². The van der Waals surface area contributed by atoms with Crippen LogP contribution in [0.2, 0.25) is 0 Å². The number of methoxy groups -OCH3 is 1. The molecule has 7 heteroatoms. The molecule has 1 saturated heterocycles. The summed E-state index contributed by atoms with van der Waals surface area (Å²) >= 11 is 0. The van der Waals surface area contributed by atoms with E-state index in [4.69, 9.17) is 9.47 Å². The number of amides is 1. The Morgan fingerprint density at radius 2 is 2.14 bits per heavy atom. The molecule has 1 aliphatic rings. The minimum absolute atomic E-state index is 0.221. The van der Waals surface area contributed by atoms with Crippen LogP contribution in [-0.4, -0.2) is 63.2 Å². The molecule has 0 radical (unpaired) electrons. The summed E-state index contributed by atoms with van der Waals surface area (Å²) in [6.45, 7) is 6.88. The molecular formula is C21H34N4O3. The normalized spacial score (nSPS) is 16.8. The molecule has 1 aromatic rings. The number of hydrogen-bond acceptors (Lipinski definition) is 4. The predicted molar refractivity (Wildman–Crippen MR) is 112 cm³/mol. The Morgan fingerprint density at radius 3 is 2.82 bits per heavy atom. The van der Waals surface area contributed by atoms with Gasteiger partial charge in [-0.2, -0.15) is 0 Å². The molecule has 1 fully saturated rings. The molecule has 28 heavy (non-hydrogen) atoms. The largest absolute Gasteiger partial charge is 0.493 e. The summed E-state index contributed by atoms with van der Waals surface area (Å²) in [6.07, 6.45) is 3.44. The number of hydrogen-bond donors (Lipinski definition) is 2. The molecule has 2 rings (SSSR count). The summed E-state index contributed by atoms with van der Waals surface area (Å²) in [5, 5.41) is 6.79. The molecule has 1 amide bonds. The van der Waals surface area contributed by atoms with Crippen LogP contribution in [0.5, 0.6) is 11.5 Å². The number of carbonyl (C=O) groups excluding carboxylic acids is 1. The van der Waals surface area contributed by atoms with Gasteiger partial charge < -0.3 is 25.0 Å². The molecule has 1 atom stereocenters. The number of aryl methyl sites for hydroxylation is 1. The zero-order valence-electron chi connectivity index (χ0n) is 17.6. The van der Waals surface area contributed by atoms with E-state index in [0.29, 0.717) is 13.0 Å². The second-order valence-corrected chi connectivity index (χ2v) is 6.84. The van der Waals surface area contributed by atoms with Gasteiger partial charge in [0.25, 0.3) is 0 Å². The minimum atomic E-state index is 0.221. The van der Waals surface area contributed by atoms with E-state index in [1.807, 2.05) is 30.9 Å². The van der Waals surface area contributed by atoms with Crippen LogP contribution in [0, 0.1) is 0 Å². The van der Waals surface area contributed by atoms with Crippen molar-refractivity contribution >= 4 is 11.9 Å². The number of ether oxygens (including phenoxy) is 2. The maximum Gasteiger partial charge on any atom is 0.222 e. The SMILES string of the molecule is CCOc1cc(CCCNC(=NC)NC2CCN(C(=O)CC)C2)ccc1OC. The fourth-order valence-electron chi connectivity index (χ4n) is 3.36. The first-order chi connectivity index (χ1) is 13.6. The number of likely N-dealkylation sites (tertiary alicyclic amines) is 1. The highest BCUT2D eigenvalue weighted by molar-refractivity contribution is 5.80. The lowest BCUT2D eigenvalue weighted by molar-refractivity contribution is -0.129. The second-order valence-electron chi connectivity index (χ2n) is 6.84. The molecule has 7 nitrogen and oxygen atoms in total. The van der Waals surface area contributed by atoms with E-state index in [2.05, 4.69) is 21.7 Å². The Kier molecular flexibility index (Phi) is 8.91. The Balaban J connectivity index is 1.75. The number of guanidine groups is 1. The first kappa shape index (κ1) is 21.9. The van der Waals surface area contributed by atoms with Crippen molar-refractivity contribution in [2.75, 3.05) is 40.4 Å². The fraction of sp³-hybridized carbons (Fsp3) is 0.619. The summed E-state index contributed by atoms with van der Waals surface area (Å²) in [7, 11) is 3.43. The van der Waals surface area contributed by atoms with Gasteiger partial charge in [0.15, 0.2) is 17.5 Å². The lowest BCUT2D eigenvalue weighted by Gasteiger charge is -2.18. The van der Waals surface area contributed by atoms with Gasteiger partial charge >= 0.3 is 0 Å². The molecule has 0 bridgehead atoms. The number of nitrogens with one attached hydrogen (secondary N) is 2. The number of benzene rings is 1. The van der Waals surface area contributed by atoms with Gasteiger partial charge in [0.2, 0.25) is 5.91 Å². The fourth-order valence-corrected chi connectivity index (χ4v) is 3.36. The summed E-state index contributed by atoms with van der Waals surface area (Å²) in [5.41, 5.74) is 1.22. The molecule has 0 aromatic heterocycles. The highest BCUT2D eigenvalue weighted by Gasteiger charge is 2.25. The van der Waals surface area contributed by atoms with Gasteiger partial charge in [-0.3, -0.25) is 9.79 Å². The topological polar surface area (TPSA) is 75.2 Å². The highest BCUT2D eigenvalue weighted by Crippen LogP contribution is 2.28. The summed E-state index contributed by atoms with van der Waals surface area (Å²) in [4.78, 5) is 18.0. The zero-order chi connectivity index (χ0) is 20.4. The Hall–Kier alpha value is -2.44. The van der Waals surface area contributed by atoms with Gasteiger partial charge in [0.1, 0.15) is 0 Å². The summed E-state index contributed by atoms with van der Waals surface area (Å²) in [6, 6.07) is 6.34. The van der Waals surface area contributed by atoms with Gasteiger partial charge in [0, 0.05) is 39.1 Å². The predicted octanol–water partition coefficient (Wildman–Crippen LogP) is 2.20. The van der Waals surface area contributed by atoms with E-state index < -0.39 is 0 Å². The first-order valence-electron chi connectivity index (χ1n) is 10.2. The van der Waals surface area contributed by atoms with Crippen molar-refractivity contribution in [3.8, 4) is 11.5 Å². The van der Waals surface area contributed by atoms with E-state index in [0.717, 1.165) is 56.4 Å². The van der Waals surface area contributed by atoms with Gasteiger partial charge in [0.05, 0.1) is 13.7 Å². The van der Waals surface area contributed by atoms with Gasteiger partial charge in [-0.1, -0.05) is 13.0 Å². The Morgan fingerprint density at radius 1 is 1.32 bits per heavy atom. The van der Waals surface area contributed by atoms with Crippen LogP contribution in [0.25, 0.3) is 0 Å². The number of rotatable bonds is 9. The van der Waals surface area contributed by atoms with Crippen LogP contribution in [0.4, 0.5) is 0 Å². The maximum atomic E-state index is 11.8. The van der Waals surface area contributed by atoms with E-state index in [9.17, 15) is 4.79 Å². The molecule has 156 valence electrons. The van der Waals surface area contributed by atoms with Crippen LogP contribution >= 0.6 is 0 Å². The number of aliphatic imine (C=N–C) groups is 1. The molecule has 2 N–H and O–H groups in total. The molecule has 1 aromatic carbocycles. The van der Waals surface area contributed by atoms with E-state index >= 15 is 0 Å². The van der Waals surface area contributed by atoms with Crippen molar-refractivity contribution in [1.29, 1.82) is 0 Å². The monoisotopic (exact) mass is 390 g/mol. The minimum Gasteiger partial charge on any atom is -0.493 e. The molecule has 1 unspecified atom stereocenters. The average Bonchev–Trinajstić information content (AvgIpc) is 3.18. The maximum absolute atomic E-state index is 11.8. The van der Waals surface area contributed by atoms with Crippen LogP contribution in [0.15, 0.2) is 23.2 Å². The van der Waals surface area contributed by atoms with Crippen molar-refractivity contribution in [3.05, 3.63) is 23.8 Å². The third kappa shape index (κ3) is 6.32. The highest BCUT2D eigenvalue weighted by atomic mass is 16.5. The van der Waals surface area contributed by atoms with Crippen LogP contribution < -0.4 is 20.1 Å². The Bertz CT molecular complexity index is 663. The lowest BCUT2D eigenvalue weighted by Crippen LogP contribution is -2.45. The third-order valence-corrected chi connectivity index (χ3v) is 4.87. The molecule has 1 heterocycles. The molecule has 0 saturated carbocycles. The molecule has 0 spiro atoms. The van der Waals surface area contributed by atoms with Crippen molar-refractivity contribution in [2.24, 2.45) is 4.99 Å². The third-order valence-electron chi connectivity index (χ3n) is 4.87. The lowest BCUT2D eigenvalue weighted by atomic mass is 10.1.